The fourth-order valence-corrected chi connectivity index (χ4v) is 2.53. The number of aromatic nitrogens is 3. The van der Waals surface area contributed by atoms with Crippen molar-refractivity contribution in [2.45, 2.75) is 13.0 Å². The molecule has 1 unspecified atom stereocenters. The summed E-state index contributed by atoms with van der Waals surface area (Å²) in [6.07, 6.45) is 0. The minimum Gasteiger partial charge on any atom is -0.337 e. The lowest BCUT2D eigenvalue weighted by molar-refractivity contribution is 0.480. The molecule has 5 nitrogen and oxygen atoms in total. The highest BCUT2D eigenvalue weighted by Crippen LogP contribution is 2.23. The molecule has 0 aliphatic carbocycles. The second kappa shape index (κ2) is 5.49. The van der Waals surface area contributed by atoms with Crippen LogP contribution in [0, 0.1) is 5.82 Å². The Kier molecular flexibility index (Phi) is 3.71. The molecule has 1 saturated heterocycles. The van der Waals surface area contributed by atoms with Crippen LogP contribution in [0.3, 0.4) is 0 Å². The van der Waals surface area contributed by atoms with Gasteiger partial charge in [0.05, 0.1) is 4.47 Å². The molecule has 0 saturated carbocycles. The van der Waals surface area contributed by atoms with Crippen molar-refractivity contribution in [2.24, 2.45) is 0 Å². The van der Waals surface area contributed by atoms with Crippen molar-refractivity contribution in [3.8, 4) is 11.4 Å². The van der Waals surface area contributed by atoms with Crippen LogP contribution in [0.2, 0.25) is 0 Å². The van der Waals surface area contributed by atoms with Crippen LogP contribution < -0.4 is 10.2 Å². The fraction of sp³-hybridized carbons (Fsp3) is 0.385. The summed E-state index contributed by atoms with van der Waals surface area (Å²) in [5.74, 6) is 0.936. The standard InChI is InChI=1S/C13H15BrFN5/c1-8-7-20(5-4-16-8)13-17-12(18-19-13)9-2-3-10(14)11(15)6-9/h2-3,6,8,16H,4-5,7H2,1H3,(H,17,18,19). The van der Waals surface area contributed by atoms with Gasteiger partial charge in [-0.05, 0) is 41.1 Å². The van der Waals surface area contributed by atoms with E-state index >= 15 is 0 Å². The molecule has 1 aliphatic heterocycles. The summed E-state index contributed by atoms with van der Waals surface area (Å²) < 4.78 is 14.0. The number of hydrogen-bond donors (Lipinski definition) is 2. The molecule has 7 heteroatoms. The Labute approximate surface area is 124 Å². The second-order valence-corrected chi connectivity index (χ2v) is 5.77. The third kappa shape index (κ3) is 2.69. The van der Waals surface area contributed by atoms with E-state index in [9.17, 15) is 4.39 Å². The highest BCUT2D eigenvalue weighted by atomic mass is 79.9. The maximum absolute atomic E-state index is 13.5. The smallest absolute Gasteiger partial charge is 0.245 e. The Hall–Kier alpha value is -1.47. The predicted octanol–water partition coefficient (Wildman–Crippen LogP) is 2.17. The average molecular weight is 340 g/mol. The summed E-state index contributed by atoms with van der Waals surface area (Å²) in [4.78, 5) is 6.58. The minimum absolute atomic E-state index is 0.309. The average Bonchev–Trinajstić information content (AvgIpc) is 2.92. The van der Waals surface area contributed by atoms with Crippen LogP contribution in [0.5, 0.6) is 0 Å². The van der Waals surface area contributed by atoms with E-state index in [-0.39, 0.29) is 5.82 Å². The quantitative estimate of drug-likeness (QED) is 0.880. The summed E-state index contributed by atoms with van der Waals surface area (Å²) >= 11 is 3.14. The normalized spacial score (nSPS) is 19.4. The van der Waals surface area contributed by atoms with Crippen molar-refractivity contribution in [1.82, 2.24) is 20.5 Å². The van der Waals surface area contributed by atoms with Gasteiger partial charge in [-0.2, -0.15) is 4.98 Å². The summed E-state index contributed by atoms with van der Waals surface area (Å²) in [6.45, 7) is 4.78. The number of anilines is 1. The van der Waals surface area contributed by atoms with Crippen LogP contribution in [0.15, 0.2) is 22.7 Å². The van der Waals surface area contributed by atoms with Gasteiger partial charge in [0.15, 0.2) is 5.82 Å². The number of halogens is 2. The van der Waals surface area contributed by atoms with E-state index in [2.05, 4.69) is 48.3 Å². The SMILES string of the molecule is CC1CN(c2n[nH]c(-c3ccc(Br)c(F)c3)n2)CCN1. The maximum Gasteiger partial charge on any atom is 0.245 e. The molecule has 0 bridgehead atoms. The van der Waals surface area contributed by atoms with Crippen LogP contribution in [-0.2, 0) is 0 Å². The zero-order valence-corrected chi connectivity index (χ0v) is 12.6. The maximum atomic E-state index is 13.5. The first-order chi connectivity index (χ1) is 9.63. The minimum atomic E-state index is -0.309. The van der Waals surface area contributed by atoms with Gasteiger partial charge in [-0.15, -0.1) is 5.10 Å². The number of benzene rings is 1. The lowest BCUT2D eigenvalue weighted by Gasteiger charge is -2.30. The second-order valence-electron chi connectivity index (χ2n) is 4.91. The Bertz CT molecular complexity index is 615. The van der Waals surface area contributed by atoms with E-state index in [1.807, 2.05) is 0 Å². The molecule has 106 valence electrons. The van der Waals surface area contributed by atoms with Crippen molar-refractivity contribution in [2.75, 3.05) is 24.5 Å². The van der Waals surface area contributed by atoms with E-state index < -0.39 is 0 Å². The van der Waals surface area contributed by atoms with Crippen molar-refractivity contribution in [1.29, 1.82) is 0 Å². The lowest BCUT2D eigenvalue weighted by Crippen LogP contribution is -2.49. The molecule has 2 aromatic rings. The van der Waals surface area contributed by atoms with Crippen molar-refractivity contribution >= 4 is 21.9 Å². The first-order valence-corrected chi connectivity index (χ1v) is 7.29. The number of aromatic amines is 1. The molecule has 0 radical (unpaired) electrons. The summed E-state index contributed by atoms with van der Waals surface area (Å²) in [6, 6.07) is 5.32. The third-order valence-electron chi connectivity index (χ3n) is 3.32. The van der Waals surface area contributed by atoms with Gasteiger partial charge in [0.1, 0.15) is 5.82 Å². The topological polar surface area (TPSA) is 56.8 Å². The summed E-state index contributed by atoms with van der Waals surface area (Å²) in [5, 5.41) is 10.5. The molecule has 1 aromatic carbocycles. The van der Waals surface area contributed by atoms with Crippen molar-refractivity contribution < 1.29 is 4.39 Å². The van der Waals surface area contributed by atoms with E-state index in [1.54, 1.807) is 12.1 Å². The predicted molar refractivity (Wildman–Crippen MR) is 79.2 cm³/mol. The van der Waals surface area contributed by atoms with Crippen LogP contribution in [0.4, 0.5) is 10.3 Å². The highest BCUT2D eigenvalue weighted by molar-refractivity contribution is 9.10. The van der Waals surface area contributed by atoms with E-state index in [0.29, 0.717) is 27.9 Å². The molecule has 0 amide bonds. The number of hydrogen-bond acceptors (Lipinski definition) is 4. The van der Waals surface area contributed by atoms with E-state index in [0.717, 1.165) is 19.6 Å². The summed E-state index contributed by atoms with van der Waals surface area (Å²) in [5.41, 5.74) is 0.688. The first kappa shape index (κ1) is 13.5. The third-order valence-corrected chi connectivity index (χ3v) is 3.96. The van der Waals surface area contributed by atoms with Crippen LogP contribution in [0.1, 0.15) is 6.92 Å². The molecule has 1 aromatic heterocycles. The number of nitrogens with one attached hydrogen (secondary N) is 2. The number of nitrogens with zero attached hydrogens (tertiary/aromatic N) is 3. The van der Waals surface area contributed by atoms with Gasteiger partial charge < -0.3 is 10.2 Å². The number of piperazine rings is 1. The van der Waals surface area contributed by atoms with E-state index in [4.69, 9.17) is 0 Å². The molecule has 2 N–H and O–H groups in total. The van der Waals surface area contributed by atoms with Crippen LogP contribution >= 0.6 is 15.9 Å². The Morgan fingerprint density at radius 1 is 1.45 bits per heavy atom. The zero-order chi connectivity index (χ0) is 14.1. The van der Waals surface area contributed by atoms with Crippen LogP contribution in [-0.4, -0.2) is 40.9 Å². The molecule has 3 rings (SSSR count). The molecular formula is C13H15BrFN5. The molecule has 1 aliphatic rings. The molecule has 1 fully saturated rings. The summed E-state index contributed by atoms with van der Waals surface area (Å²) in [7, 11) is 0. The van der Waals surface area contributed by atoms with Gasteiger partial charge in [0.2, 0.25) is 5.95 Å². The fourth-order valence-electron chi connectivity index (χ4n) is 2.28. The molecule has 20 heavy (non-hydrogen) atoms. The van der Waals surface area contributed by atoms with Gasteiger partial charge >= 0.3 is 0 Å². The Balaban J connectivity index is 1.84. The van der Waals surface area contributed by atoms with E-state index in [1.165, 1.54) is 6.07 Å². The van der Waals surface area contributed by atoms with Gasteiger partial charge in [0, 0.05) is 31.2 Å². The van der Waals surface area contributed by atoms with Gasteiger partial charge in [-0.3, -0.25) is 5.10 Å². The largest absolute Gasteiger partial charge is 0.337 e. The van der Waals surface area contributed by atoms with Gasteiger partial charge in [-0.25, -0.2) is 4.39 Å². The number of H-pyrrole nitrogens is 1. The Morgan fingerprint density at radius 2 is 2.30 bits per heavy atom. The van der Waals surface area contributed by atoms with Crippen molar-refractivity contribution in [3.63, 3.8) is 0 Å². The van der Waals surface area contributed by atoms with Gasteiger partial charge in [-0.1, -0.05) is 0 Å². The molecular weight excluding hydrogens is 325 g/mol. The van der Waals surface area contributed by atoms with Crippen molar-refractivity contribution in [3.05, 3.63) is 28.5 Å². The molecule has 1 atom stereocenters. The van der Waals surface area contributed by atoms with Crippen LogP contribution in [0.25, 0.3) is 11.4 Å². The first-order valence-electron chi connectivity index (χ1n) is 6.49. The zero-order valence-electron chi connectivity index (χ0n) is 11.0. The number of rotatable bonds is 2. The van der Waals surface area contributed by atoms with Gasteiger partial charge in [0.25, 0.3) is 0 Å². The monoisotopic (exact) mass is 339 g/mol. The highest BCUT2D eigenvalue weighted by Gasteiger charge is 2.19. The lowest BCUT2D eigenvalue weighted by atomic mass is 10.2. The Morgan fingerprint density at radius 3 is 3.05 bits per heavy atom. The molecule has 2 heterocycles. The molecule has 0 spiro atoms.